The number of hydrogen-bond acceptors (Lipinski definition) is 6. The van der Waals surface area contributed by atoms with E-state index in [9.17, 15) is 4.79 Å². The number of aliphatic carboxylic acids is 1. The number of carboxylic acid groups (broad SMARTS) is 1. The van der Waals surface area contributed by atoms with E-state index in [1.165, 1.54) is 0 Å². The first-order valence-electron chi connectivity index (χ1n) is 6.12. The summed E-state index contributed by atoms with van der Waals surface area (Å²) in [6.07, 6.45) is 1.59. The van der Waals surface area contributed by atoms with Crippen molar-refractivity contribution in [3.8, 4) is 5.88 Å². The van der Waals surface area contributed by atoms with E-state index in [4.69, 9.17) is 14.6 Å². The molecular weight excluding hydrogens is 250 g/mol. The van der Waals surface area contributed by atoms with Crippen LogP contribution in [0.4, 0.5) is 5.95 Å². The van der Waals surface area contributed by atoms with Gasteiger partial charge in [0.2, 0.25) is 11.8 Å². The minimum absolute atomic E-state index is 0.218. The lowest BCUT2D eigenvalue weighted by molar-refractivity contribution is -0.141. The van der Waals surface area contributed by atoms with Gasteiger partial charge in [-0.1, -0.05) is 0 Å². The molecule has 0 spiro atoms. The zero-order valence-electron chi connectivity index (χ0n) is 10.9. The fourth-order valence-electron chi connectivity index (χ4n) is 2.04. The summed E-state index contributed by atoms with van der Waals surface area (Å²) in [4.78, 5) is 21.3. The van der Waals surface area contributed by atoms with Gasteiger partial charge in [0.05, 0.1) is 25.9 Å². The summed E-state index contributed by atoms with van der Waals surface area (Å²) < 4.78 is 10.6. The second-order valence-electron chi connectivity index (χ2n) is 4.29. The van der Waals surface area contributed by atoms with Crippen LogP contribution in [-0.4, -0.2) is 54.0 Å². The Labute approximate surface area is 111 Å². The first-order valence-corrected chi connectivity index (χ1v) is 6.12. The van der Waals surface area contributed by atoms with E-state index in [2.05, 4.69) is 9.97 Å². The number of ether oxygens (including phenoxy) is 2. The van der Waals surface area contributed by atoms with E-state index >= 15 is 0 Å². The van der Waals surface area contributed by atoms with Gasteiger partial charge < -0.3 is 19.5 Å². The van der Waals surface area contributed by atoms with E-state index in [1.807, 2.05) is 6.92 Å². The fraction of sp³-hybridized carbons (Fsp3) is 0.583. The number of aromatic nitrogens is 2. The predicted octanol–water partition coefficient (Wildman–Crippen LogP) is 0.411. The van der Waals surface area contributed by atoms with Crippen LogP contribution in [0.15, 0.2) is 12.3 Å². The number of carbonyl (C=O) groups is 1. The Hall–Kier alpha value is -1.89. The van der Waals surface area contributed by atoms with Gasteiger partial charge in [-0.15, -0.1) is 0 Å². The zero-order valence-corrected chi connectivity index (χ0v) is 10.9. The Kier molecular flexibility index (Phi) is 4.16. The number of rotatable bonds is 5. The molecule has 1 aliphatic rings. The molecule has 0 aliphatic carbocycles. The normalized spacial score (nSPS) is 22.2. The molecule has 1 N–H and O–H groups in total. The maximum absolute atomic E-state index is 11.1. The molecule has 2 rings (SSSR count). The summed E-state index contributed by atoms with van der Waals surface area (Å²) in [5, 5.41) is 9.15. The lowest BCUT2D eigenvalue weighted by Crippen LogP contribution is -2.41. The smallest absolute Gasteiger partial charge is 0.311 e. The average Bonchev–Trinajstić information content (AvgIpc) is 2.88. The van der Waals surface area contributed by atoms with Crippen molar-refractivity contribution >= 4 is 11.9 Å². The Morgan fingerprint density at radius 2 is 2.42 bits per heavy atom. The van der Waals surface area contributed by atoms with Crippen LogP contribution >= 0.6 is 0 Å². The van der Waals surface area contributed by atoms with Crippen LogP contribution in [0.1, 0.15) is 6.92 Å². The van der Waals surface area contributed by atoms with Crippen LogP contribution in [0, 0.1) is 5.92 Å². The standard InChI is InChI=1S/C12H17N3O4/c1-3-19-10-4-5-13-12(14-10)15(2)9-7-18-6-8(9)11(16)17/h4-5,8-9H,3,6-7H2,1-2H3,(H,16,17). The third kappa shape index (κ3) is 2.93. The second-order valence-corrected chi connectivity index (χ2v) is 4.29. The highest BCUT2D eigenvalue weighted by Gasteiger charge is 2.37. The van der Waals surface area contributed by atoms with Crippen LogP contribution in [-0.2, 0) is 9.53 Å². The first kappa shape index (κ1) is 13.5. The largest absolute Gasteiger partial charge is 0.481 e. The molecule has 2 unspecified atom stereocenters. The van der Waals surface area contributed by atoms with E-state index in [1.54, 1.807) is 24.2 Å². The number of likely N-dealkylation sites (N-methyl/N-ethyl adjacent to an activating group) is 1. The molecule has 2 heterocycles. The van der Waals surface area contributed by atoms with Crippen LogP contribution < -0.4 is 9.64 Å². The molecular formula is C12H17N3O4. The SMILES string of the molecule is CCOc1ccnc(N(C)C2COCC2C(=O)O)n1. The summed E-state index contributed by atoms with van der Waals surface area (Å²) in [5.41, 5.74) is 0. The molecule has 0 aromatic carbocycles. The quantitative estimate of drug-likeness (QED) is 0.827. The highest BCUT2D eigenvalue weighted by Crippen LogP contribution is 2.23. The average molecular weight is 267 g/mol. The maximum atomic E-state index is 11.1. The summed E-state index contributed by atoms with van der Waals surface area (Å²) in [6.45, 7) is 2.96. The number of carboxylic acids is 1. The molecule has 0 bridgehead atoms. The van der Waals surface area contributed by atoms with Gasteiger partial charge in [-0.05, 0) is 6.92 Å². The molecule has 1 fully saturated rings. The lowest BCUT2D eigenvalue weighted by Gasteiger charge is -2.26. The highest BCUT2D eigenvalue weighted by molar-refractivity contribution is 5.72. The maximum Gasteiger partial charge on any atom is 0.311 e. The Morgan fingerprint density at radius 1 is 1.63 bits per heavy atom. The third-order valence-electron chi connectivity index (χ3n) is 3.09. The Bertz CT molecular complexity index is 454. The summed E-state index contributed by atoms with van der Waals surface area (Å²) >= 11 is 0. The predicted molar refractivity (Wildman–Crippen MR) is 67.3 cm³/mol. The molecule has 104 valence electrons. The Morgan fingerprint density at radius 3 is 3.11 bits per heavy atom. The van der Waals surface area contributed by atoms with E-state index < -0.39 is 11.9 Å². The third-order valence-corrected chi connectivity index (χ3v) is 3.09. The van der Waals surface area contributed by atoms with Crippen molar-refractivity contribution in [2.75, 3.05) is 31.8 Å². The van der Waals surface area contributed by atoms with Crippen LogP contribution in [0.25, 0.3) is 0 Å². The van der Waals surface area contributed by atoms with E-state index in [0.717, 1.165) is 0 Å². The van der Waals surface area contributed by atoms with E-state index in [-0.39, 0.29) is 12.6 Å². The van der Waals surface area contributed by atoms with Gasteiger partial charge in [0, 0.05) is 19.3 Å². The summed E-state index contributed by atoms with van der Waals surface area (Å²) in [7, 11) is 1.76. The van der Waals surface area contributed by atoms with Crippen molar-refractivity contribution in [2.24, 2.45) is 5.92 Å². The number of hydrogen-bond donors (Lipinski definition) is 1. The van der Waals surface area contributed by atoms with Crippen molar-refractivity contribution < 1.29 is 19.4 Å². The first-order chi connectivity index (χ1) is 9.13. The van der Waals surface area contributed by atoms with Crippen molar-refractivity contribution in [1.82, 2.24) is 9.97 Å². The molecule has 0 radical (unpaired) electrons. The topological polar surface area (TPSA) is 84.8 Å². The van der Waals surface area contributed by atoms with Crippen molar-refractivity contribution in [3.63, 3.8) is 0 Å². The van der Waals surface area contributed by atoms with Gasteiger partial charge in [-0.2, -0.15) is 4.98 Å². The summed E-state index contributed by atoms with van der Waals surface area (Å²) in [5.74, 6) is -0.516. The zero-order chi connectivity index (χ0) is 13.8. The molecule has 7 heteroatoms. The van der Waals surface area contributed by atoms with Crippen molar-refractivity contribution in [3.05, 3.63) is 12.3 Å². The molecule has 0 saturated carbocycles. The van der Waals surface area contributed by atoms with Gasteiger partial charge in [0.15, 0.2) is 0 Å². The van der Waals surface area contributed by atoms with Crippen molar-refractivity contribution in [2.45, 2.75) is 13.0 Å². The lowest BCUT2D eigenvalue weighted by atomic mass is 10.0. The molecule has 19 heavy (non-hydrogen) atoms. The van der Waals surface area contributed by atoms with Crippen LogP contribution in [0.3, 0.4) is 0 Å². The molecule has 1 aliphatic heterocycles. The minimum Gasteiger partial charge on any atom is -0.481 e. The van der Waals surface area contributed by atoms with Gasteiger partial charge in [0.25, 0.3) is 0 Å². The number of anilines is 1. The Balaban J connectivity index is 2.16. The fourth-order valence-corrected chi connectivity index (χ4v) is 2.04. The van der Waals surface area contributed by atoms with Crippen molar-refractivity contribution in [1.29, 1.82) is 0 Å². The number of nitrogens with zero attached hydrogens (tertiary/aromatic N) is 3. The second kappa shape index (κ2) is 5.83. The minimum atomic E-state index is -0.865. The molecule has 2 atom stereocenters. The van der Waals surface area contributed by atoms with Gasteiger partial charge in [0.1, 0.15) is 5.92 Å². The molecule has 1 aromatic rings. The summed E-state index contributed by atoms with van der Waals surface area (Å²) in [6, 6.07) is 1.40. The molecule has 1 aromatic heterocycles. The monoisotopic (exact) mass is 267 g/mol. The van der Waals surface area contributed by atoms with E-state index in [0.29, 0.717) is 25.0 Å². The van der Waals surface area contributed by atoms with Gasteiger partial charge in [-0.25, -0.2) is 4.98 Å². The molecule has 0 amide bonds. The van der Waals surface area contributed by atoms with Crippen LogP contribution in [0.5, 0.6) is 5.88 Å². The molecule has 7 nitrogen and oxygen atoms in total. The molecule has 1 saturated heterocycles. The highest BCUT2D eigenvalue weighted by atomic mass is 16.5. The van der Waals surface area contributed by atoms with Crippen LogP contribution in [0.2, 0.25) is 0 Å². The van der Waals surface area contributed by atoms with Gasteiger partial charge in [-0.3, -0.25) is 4.79 Å². The van der Waals surface area contributed by atoms with Gasteiger partial charge >= 0.3 is 5.97 Å².